The first-order chi connectivity index (χ1) is 13.5. The van der Waals surface area contributed by atoms with Gasteiger partial charge in [-0.25, -0.2) is 28.3 Å². The molecule has 0 radical (unpaired) electrons. The number of carbonyl (C=O) groups is 1. The molecule has 0 atom stereocenters. The number of amides is 1. The van der Waals surface area contributed by atoms with Gasteiger partial charge in [-0.1, -0.05) is 0 Å². The van der Waals surface area contributed by atoms with Gasteiger partial charge < -0.3 is 10.1 Å². The Morgan fingerprint density at radius 1 is 1.07 bits per heavy atom. The van der Waals surface area contributed by atoms with Crippen LogP contribution < -0.4 is 15.8 Å². The molecule has 152 valence electrons. The summed E-state index contributed by atoms with van der Waals surface area (Å²) in [5, 5.41) is 11.5. The lowest BCUT2D eigenvalue weighted by molar-refractivity contribution is 0.0636. The molecule has 2 aromatic carbocycles. The van der Waals surface area contributed by atoms with E-state index in [1.54, 1.807) is 57.3 Å². The van der Waals surface area contributed by atoms with Crippen LogP contribution >= 0.6 is 0 Å². The molecule has 3 rings (SSSR count). The van der Waals surface area contributed by atoms with Crippen LogP contribution in [0.5, 0.6) is 0 Å². The fourth-order valence-electron chi connectivity index (χ4n) is 2.44. The molecule has 1 heterocycles. The van der Waals surface area contributed by atoms with Gasteiger partial charge in [0.2, 0.25) is 16.0 Å². The van der Waals surface area contributed by atoms with E-state index in [-0.39, 0.29) is 4.90 Å². The quantitative estimate of drug-likeness (QED) is 0.594. The number of anilines is 3. The number of nitrogens with two attached hydrogens (primary N) is 1. The molecule has 0 aliphatic carbocycles. The van der Waals surface area contributed by atoms with E-state index in [0.717, 1.165) is 5.39 Å². The number of fused-ring (bicyclic) bond motifs is 1. The van der Waals surface area contributed by atoms with Crippen LogP contribution in [0.4, 0.5) is 22.1 Å². The van der Waals surface area contributed by atoms with Gasteiger partial charge in [-0.3, -0.25) is 5.32 Å². The molecule has 3 aromatic rings. The molecule has 10 heteroatoms. The number of rotatable bonds is 4. The zero-order valence-corrected chi connectivity index (χ0v) is 16.9. The molecule has 0 spiro atoms. The summed E-state index contributed by atoms with van der Waals surface area (Å²) in [7, 11) is -3.75. The second-order valence-corrected chi connectivity index (χ2v) is 8.85. The number of sulfonamides is 1. The first kappa shape index (κ1) is 20.5. The van der Waals surface area contributed by atoms with Crippen molar-refractivity contribution in [1.29, 1.82) is 0 Å². The molecule has 29 heavy (non-hydrogen) atoms. The summed E-state index contributed by atoms with van der Waals surface area (Å²) >= 11 is 0. The van der Waals surface area contributed by atoms with Crippen molar-refractivity contribution in [1.82, 2.24) is 9.97 Å². The van der Waals surface area contributed by atoms with Crippen LogP contribution in [0.1, 0.15) is 20.8 Å². The highest BCUT2D eigenvalue weighted by atomic mass is 32.2. The Morgan fingerprint density at radius 3 is 2.34 bits per heavy atom. The molecule has 0 unspecified atom stereocenters. The number of carbonyl (C=O) groups excluding carboxylic acids is 1. The number of ether oxygens (including phenoxy) is 1. The number of nitrogens with one attached hydrogen (secondary N) is 2. The van der Waals surface area contributed by atoms with Crippen molar-refractivity contribution >= 4 is 44.3 Å². The number of hydrogen-bond donors (Lipinski definition) is 3. The molecule has 9 nitrogen and oxygen atoms in total. The van der Waals surface area contributed by atoms with Gasteiger partial charge in [-0.2, -0.15) is 0 Å². The zero-order chi connectivity index (χ0) is 21.2. The smallest absolute Gasteiger partial charge is 0.412 e. The number of nitrogens with zero attached hydrogens (tertiary/aromatic N) is 2. The standard InChI is InChI=1S/C19H21N5O4S/c1-19(2,3)28-18(25)23-14-5-4-12-11-21-17(24-16(12)10-14)22-13-6-8-15(9-7-13)29(20,26)27/h4-11H,1-3H3,(H,23,25)(H2,20,26,27)(H,21,22,24). The summed E-state index contributed by atoms with van der Waals surface area (Å²) in [6.45, 7) is 5.36. The first-order valence-corrected chi connectivity index (χ1v) is 10.2. The summed E-state index contributed by atoms with van der Waals surface area (Å²) < 4.78 is 27.9. The van der Waals surface area contributed by atoms with Crippen LogP contribution in [-0.2, 0) is 14.8 Å². The van der Waals surface area contributed by atoms with Gasteiger partial charge in [0.15, 0.2) is 0 Å². The minimum Gasteiger partial charge on any atom is -0.444 e. The van der Waals surface area contributed by atoms with Crippen molar-refractivity contribution in [2.24, 2.45) is 5.14 Å². The molecule has 1 aromatic heterocycles. The molecule has 4 N–H and O–H groups in total. The first-order valence-electron chi connectivity index (χ1n) is 8.66. The Hall–Kier alpha value is -3.24. The number of aromatic nitrogens is 2. The molecule has 0 fully saturated rings. The highest BCUT2D eigenvalue weighted by Crippen LogP contribution is 2.21. The zero-order valence-electron chi connectivity index (χ0n) is 16.1. The Bertz CT molecular complexity index is 1160. The largest absolute Gasteiger partial charge is 0.444 e. The van der Waals surface area contributed by atoms with Crippen molar-refractivity contribution in [3.63, 3.8) is 0 Å². The van der Waals surface area contributed by atoms with E-state index >= 15 is 0 Å². The van der Waals surface area contributed by atoms with Crippen LogP contribution in [0.25, 0.3) is 10.9 Å². The van der Waals surface area contributed by atoms with Crippen molar-refractivity contribution in [3.8, 4) is 0 Å². The number of primary sulfonamides is 1. The predicted molar refractivity (Wildman–Crippen MR) is 110 cm³/mol. The van der Waals surface area contributed by atoms with Gasteiger partial charge in [-0.05, 0) is 63.2 Å². The lowest BCUT2D eigenvalue weighted by Gasteiger charge is -2.19. The molecule has 0 aliphatic rings. The van der Waals surface area contributed by atoms with E-state index in [1.807, 2.05) is 0 Å². The highest BCUT2D eigenvalue weighted by molar-refractivity contribution is 7.89. The topological polar surface area (TPSA) is 136 Å². The summed E-state index contributed by atoms with van der Waals surface area (Å²) in [6, 6.07) is 11.1. The molecule has 0 aliphatic heterocycles. The molecular formula is C19H21N5O4S. The lowest BCUT2D eigenvalue weighted by atomic mass is 10.2. The van der Waals surface area contributed by atoms with Gasteiger partial charge in [0.25, 0.3) is 0 Å². The summed E-state index contributed by atoms with van der Waals surface area (Å²) in [4.78, 5) is 20.6. The van der Waals surface area contributed by atoms with Crippen molar-refractivity contribution in [3.05, 3.63) is 48.7 Å². The van der Waals surface area contributed by atoms with Crippen molar-refractivity contribution in [2.45, 2.75) is 31.3 Å². The number of hydrogen-bond acceptors (Lipinski definition) is 7. The monoisotopic (exact) mass is 415 g/mol. The fourth-order valence-corrected chi connectivity index (χ4v) is 2.96. The SMILES string of the molecule is CC(C)(C)OC(=O)Nc1ccc2cnc(Nc3ccc(S(N)(=O)=O)cc3)nc2c1. The van der Waals surface area contributed by atoms with E-state index in [2.05, 4.69) is 20.6 Å². The van der Waals surface area contributed by atoms with Crippen molar-refractivity contribution < 1.29 is 17.9 Å². The van der Waals surface area contributed by atoms with Gasteiger partial charge in [0, 0.05) is 23.0 Å². The Morgan fingerprint density at radius 2 is 1.72 bits per heavy atom. The average molecular weight is 415 g/mol. The third kappa shape index (κ3) is 5.62. The van der Waals surface area contributed by atoms with Crippen LogP contribution in [0, 0.1) is 0 Å². The average Bonchev–Trinajstić information content (AvgIpc) is 2.59. The summed E-state index contributed by atoms with van der Waals surface area (Å²) in [6.07, 6.45) is 1.08. The van der Waals surface area contributed by atoms with Crippen LogP contribution in [0.3, 0.4) is 0 Å². The van der Waals surface area contributed by atoms with E-state index in [1.165, 1.54) is 12.1 Å². The number of benzene rings is 2. The van der Waals surface area contributed by atoms with E-state index in [4.69, 9.17) is 9.88 Å². The van der Waals surface area contributed by atoms with E-state index < -0.39 is 21.7 Å². The Labute approximate surface area is 168 Å². The van der Waals surface area contributed by atoms with E-state index in [9.17, 15) is 13.2 Å². The second kappa shape index (κ2) is 7.64. The Balaban J connectivity index is 1.79. The molecule has 0 saturated heterocycles. The third-order valence-corrected chi connectivity index (χ3v) is 4.60. The highest BCUT2D eigenvalue weighted by Gasteiger charge is 2.16. The molecule has 0 bridgehead atoms. The minimum atomic E-state index is -3.75. The molecule has 1 amide bonds. The Kier molecular flexibility index (Phi) is 5.40. The van der Waals surface area contributed by atoms with E-state index in [0.29, 0.717) is 22.8 Å². The second-order valence-electron chi connectivity index (χ2n) is 7.29. The maximum atomic E-state index is 11.9. The summed E-state index contributed by atoms with van der Waals surface area (Å²) in [5.41, 5.74) is 1.14. The minimum absolute atomic E-state index is 0.0142. The maximum absolute atomic E-state index is 11.9. The van der Waals surface area contributed by atoms with Crippen LogP contribution in [0.2, 0.25) is 0 Å². The summed E-state index contributed by atoms with van der Waals surface area (Å²) in [5.74, 6) is 0.315. The normalized spacial score (nSPS) is 11.9. The molecular weight excluding hydrogens is 394 g/mol. The fraction of sp³-hybridized carbons (Fsp3) is 0.211. The predicted octanol–water partition coefficient (Wildman–Crippen LogP) is 3.37. The van der Waals surface area contributed by atoms with Gasteiger partial charge >= 0.3 is 6.09 Å². The lowest BCUT2D eigenvalue weighted by Crippen LogP contribution is -2.27. The van der Waals surface area contributed by atoms with Gasteiger partial charge in [-0.15, -0.1) is 0 Å². The molecule has 0 saturated carbocycles. The third-order valence-electron chi connectivity index (χ3n) is 3.67. The van der Waals surface area contributed by atoms with Crippen molar-refractivity contribution in [2.75, 3.05) is 10.6 Å². The van der Waals surface area contributed by atoms with Crippen LogP contribution in [0.15, 0.2) is 53.6 Å². The van der Waals surface area contributed by atoms with Crippen LogP contribution in [-0.4, -0.2) is 30.1 Å². The maximum Gasteiger partial charge on any atom is 0.412 e. The van der Waals surface area contributed by atoms with Gasteiger partial charge in [0.1, 0.15) is 5.60 Å². The van der Waals surface area contributed by atoms with Gasteiger partial charge in [0.05, 0.1) is 10.4 Å².